The van der Waals surface area contributed by atoms with Crippen molar-refractivity contribution >= 4 is 13.2 Å². The highest BCUT2D eigenvalue weighted by Gasteiger charge is 2.25. The van der Waals surface area contributed by atoms with Crippen LogP contribution in [0.25, 0.3) is 0 Å². The Morgan fingerprint density at radius 2 is 1.08 bits per heavy atom. The van der Waals surface area contributed by atoms with Gasteiger partial charge in [-0.3, -0.25) is 11.5 Å². The largest absolute Gasteiger partial charge is 0.352 e. The standard InChI is InChI=1S/C34H56O3P/c1-6-7-8-9-10-11-12-13-14-15-16-17-18-19-20-21-22-24-27-30-33(35)31-28-25-23-26-29-32-37-38(5,36)34(2,3)4/h7-8,10-11,13-14,16-17,19-20,22,24H,5-6,9,12,15,18,21,23,25-32H2,1-4H3/q-1/b8-7-,11-10-,14-13-,17-16-,20-19-,24-22-. The van der Waals surface area contributed by atoms with Crippen molar-refractivity contribution in [1.82, 2.24) is 0 Å². The van der Waals surface area contributed by atoms with E-state index in [0.29, 0.717) is 25.2 Å². The van der Waals surface area contributed by atoms with E-state index < -0.39 is 12.5 Å². The predicted octanol–water partition coefficient (Wildman–Crippen LogP) is 11.3. The number of Topliss-reactive ketones (excluding diaryl/α,β-unsaturated/α-hetero) is 1. The molecule has 0 fully saturated rings. The summed E-state index contributed by atoms with van der Waals surface area (Å²) < 4.78 is 17.9. The molecular formula is C34H56O3P-. The summed E-state index contributed by atoms with van der Waals surface area (Å²) in [7, 11) is -2.80. The monoisotopic (exact) mass is 543 g/mol. The lowest BCUT2D eigenvalue weighted by Gasteiger charge is -2.33. The second-order valence-corrected chi connectivity index (χ2v) is 13.6. The minimum atomic E-state index is -2.80. The fourth-order valence-electron chi connectivity index (χ4n) is 3.37. The normalized spacial score (nSPS) is 14.9. The molecule has 0 bridgehead atoms. The van der Waals surface area contributed by atoms with Crippen LogP contribution in [0.3, 0.4) is 0 Å². The van der Waals surface area contributed by atoms with Crippen LogP contribution >= 0.6 is 7.37 Å². The van der Waals surface area contributed by atoms with Gasteiger partial charge in [-0.1, -0.05) is 120 Å². The average molecular weight is 544 g/mol. The number of carbonyl (C=O) groups is 1. The zero-order valence-corrected chi connectivity index (χ0v) is 25.8. The first-order valence-electron chi connectivity index (χ1n) is 14.7. The highest BCUT2D eigenvalue weighted by molar-refractivity contribution is 7.61. The maximum absolute atomic E-state index is 12.3. The first kappa shape index (κ1) is 36.3. The van der Waals surface area contributed by atoms with Crippen molar-refractivity contribution in [2.45, 2.75) is 123 Å². The van der Waals surface area contributed by atoms with Crippen LogP contribution < -0.4 is 0 Å². The number of hydrogen-bond donors (Lipinski definition) is 0. The van der Waals surface area contributed by atoms with E-state index >= 15 is 0 Å². The molecule has 0 saturated carbocycles. The van der Waals surface area contributed by atoms with E-state index in [4.69, 9.17) is 4.52 Å². The van der Waals surface area contributed by atoms with Crippen molar-refractivity contribution in [2.24, 2.45) is 0 Å². The summed E-state index contributed by atoms with van der Waals surface area (Å²) in [6.45, 7) is 12.1. The Hall–Kier alpha value is -1.70. The molecule has 216 valence electrons. The van der Waals surface area contributed by atoms with Crippen LogP contribution in [-0.4, -0.2) is 17.5 Å². The van der Waals surface area contributed by atoms with Gasteiger partial charge in [-0.2, -0.15) is 0 Å². The molecule has 0 rings (SSSR count). The number of ketones is 1. The van der Waals surface area contributed by atoms with Crippen LogP contribution in [0.1, 0.15) is 118 Å². The Labute approximate surface area is 235 Å². The Bertz CT molecular complexity index is 806. The molecule has 0 aliphatic carbocycles. The molecule has 0 radical (unpaired) electrons. The number of rotatable bonds is 23. The van der Waals surface area contributed by atoms with E-state index in [9.17, 15) is 9.36 Å². The van der Waals surface area contributed by atoms with Crippen molar-refractivity contribution in [2.75, 3.05) is 6.61 Å². The third-order valence-corrected chi connectivity index (χ3v) is 8.75. The Morgan fingerprint density at radius 3 is 1.55 bits per heavy atom. The zero-order valence-electron chi connectivity index (χ0n) is 24.9. The van der Waals surface area contributed by atoms with Gasteiger partial charge in [0.15, 0.2) is 0 Å². The molecular weight excluding hydrogens is 487 g/mol. The summed E-state index contributed by atoms with van der Waals surface area (Å²) in [4.78, 5) is 12.0. The maximum Gasteiger partial charge on any atom is 0.133 e. The molecule has 38 heavy (non-hydrogen) atoms. The van der Waals surface area contributed by atoms with E-state index in [1.165, 1.54) is 0 Å². The third kappa shape index (κ3) is 23.4. The van der Waals surface area contributed by atoms with E-state index in [2.05, 4.69) is 86.5 Å². The summed E-state index contributed by atoms with van der Waals surface area (Å²) >= 11 is 0. The van der Waals surface area contributed by atoms with Crippen molar-refractivity contribution in [1.29, 1.82) is 0 Å². The maximum atomic E-state index is 12.3. The van der Waals surface area contributed by atoms with Gasteiger partial charge in [0, 0.05) is 18.0 Å². The molecule has 4 heteroatoms. The molecule has 0 amide bonds. The molecule has 0 aliphatic rings. The highest BCUT2D eigenvalue weighted by atomic mass is 31.2. The molecule has 0 aromatic heterocycles. The van der Waals surface area contributed by atoms with Crippen molar-refractivity contribution in [3.05, 3.63) is 79.6 Å². The molecule has 0 saturated heterocycles. The molecule has 0 aromatic carbocycles. The Balaban J connectivity index is 3.61. The van der Waals surface area contributed by atoms with Gasteiger partial charge >= 0.3 is 0 Å². The van der Waals surface area contributed by atoms with E-state index in [0.717, 1.165) is 77.0 Å². The van der Waals surface area contributed by atoms with Gasteiger partial charge in [0.2, 0.25) is 0 Å². The van der Waals surface area contributed by atoms with Gasteiger partial charge < -0.3 is 9.09 Å². The van der Waals surface area contributed by atoms with E-state index in [1.807, 2.05) is 20.8 Å². The summed E-state index contributed by atoms with van der Waals surface area (Å²) in [5.41, 5.74) is 0. The lowest BCUT2D eigenvalue weighted by Crippen LogP contribution is -2.15. The minimum absolute atomic E-state index is 0.357. The minimum Gasteiger partial charge on any atom is -0.352 e. The second kappa shape index (κ2) is 24.3. The highest BCUT2D eigenvalue weighted by Crippen LogP contribution is 2.57. The van der Waals surface area contributed by atoms with Crippen molar-refractivity contribution in [3.63, 3.8) is 0 Å². The van der Waals surface area contributed by atoms with Crippen molar-refractivity contribution < 1.29 is 13.9 Å². The molecule has 1 unspecified atom stereocenters. The molecule has 0 heterocycles. The van der Waals surface area contributed by atoms with Gasteiger partial charge in [0.1, 0.15) is 5.78 Å². The fourth-order valence-corrected chi connectivity index (χ4v) is 4.18. The zero-order chi connectivity index (χ0) is 28.4. The lowest BCUT2D eigenvalue weighted by molar-refractivity contribution is -0.119. The van der Waals surface area contributed by atoms with Crippen molar-refractivity contribution in [3.8, 4) is 0 Å². The summed E-state index contributed by atoms with van der Waals surface area (Å²) in [5.74, 6) is 0.357. The number of allylic oxidation sites excluding steroid dienone is 12. The summed E-state index contributed by atoms with van der Waals surface area (Å²) in [6.07, 6.45) is 39.5. The Kier molecular flexibility index (Phi) is 23.3. The van der Waals surface area contributed by atoms with Crippen LogP contribution in [0.5, 0.6) is 0 Å². The van der Waals surface area contributed by atoms with Gasteiger partial charge in [-0.25, -0.2) is 0 Å². The quantitative estimate of drug-likeness (QED) is 0.0557. The predicted molar refractivity (Wildman–Crippen MR) is 169 cm³/mol. The van der Waals surface area contributed by atoms with E-state index in [1.54, 1.807) is 0 Å². The van der Waals surface area contributed by atoms with Gasteiger partial charge in [0.25, 0.3) is 0 Å². The number of unbranched alkanes of at least 4 members (excludes halogenated alkanes) is 4. The number of hydrogen-bond acceptors (Lipinski definition) is 3. The summed E-state index contributed by atoms with van der Waals surface area (Å²) in [6, 6.07) is 0. The molecule has 0 aliphatic heterocycles. The average Bonchev–Trinajstić information content (AvgIpc) is 2.86. The second-order valence-electron chi connectivity index (χ2n) is 10.7. The van der Waals surface area contributed by atoms with Gasteiger partial charge in [-0.15, -0.1) is 0 Å². The van der Waals surface area contributed by atoms with Crippen LogP contribution in [0.2, 0.25) is 0 Å². The first-order valence-corrected chi connectivity index (χ1v) is 16.5. The number of carbonyl (C=O) groups excluding carboxylic acids is 1. The molecule has 0 spiro atoms. The molecule has 1 atom stereocenters. The molecule has 3 nitrogen and oxygen atoms in total. The van der Waals surface area contributed by atoms with Crippen LogP contribution in [0.4, 0.5) is 0 Å². The van der Waals surface area contributed by atoms with Crippen LogP contribution in [-0.2, 0) is 13.9 Å². The van der Waals surface area contributed by atoms with Crippen LogP contribution in [0.15, 0.2) is 72.9 Å². The van der Waals surface area contributed by atoms with Gasteiger partial charge in [-0.05, 0) is 57.8 Å². The van der Waals surface area contributed by atoms with Gasteiger partial charge in [0.05, 0.1) is 14.0 Å². The SMILES string of the molecule is [CH2-]P(=O)(OCCCCCCCC(=O)CC/C=C\C/C=C\C/C=C\C/C=C\C/C=C\C/C=C\CC)C(C)(C)C. The third-order valence-electron chi connectivity index (χ3n) is 6.11. The molecule has 0 aromatic rings. The van der Waals surface area contributed by atoms with Crippen LogP contribution in [0, 0.1) is 6.66 Å². The Morgan fingerprint density at radius 1 is 0.658 bits per heavy atom. The first-order chi connectivity index (χ1) is 18.2. The van der Waals surface area contributed by atoms with E-state index in [-0.39, 0.29) is 0 Å². The fraction of sp³-hybridized carbons (Fsp3) is 0.588. The topological polar surface area (TPSA) is 43.4 Å². The smallest absolute Gasteiger partial charge is 0.133 e. The summed E-state index contributed by atoms with van der Waals surface area (Å²) in [5, 5.41) is -0.405. The molecule has 0 N–H and O–H groups in total. The lowest BCUT2D eigenvalue weighted by atomic mass is 10.1.